The van der Waals surface area contributed by atoms with Crippen molar-refractivity contribution in [3.63, 3.8) is 0 Å². The van der Waals surface area contributed by atoms with Gasteiger partial charge in [-0.15, -0.1) is 0 Å². The molecule has 18 heavy (non-hydrogen) atoms. The summed E-state index contributed by atoms with van der Waals surface area (Å²) < 4.78 is 13.8. The van der Waals surface area contributed by atoms with Crippen LogP contribution in [0.15, 0.2) is 46.9 Å². The van der Waals surface area contributed by atoms with E-state index in [4.69, 9.17) is 5.73 Å². The van der Waals surface area contributed by atoms with Gasteiger partial charge in [0.15, 0.2) is 0 Å². The highest BCUT2D eigenvalue weighted by molar-refractivity contribution is 9.10. The minimum absolute atomic E-state index is 0.0922. The molecule has 1 nitrogen and oxygen atoms in total. The average molecular weight is 308 g/mol. The molecule has 1 atom stereocenters. The number of rotatable bonds is 3. The Bertz CT molecular complexity index is 537. The van der Waals surface area contributed by atoms with E-state index < -0.39 is 0 Å². The van der Waals surface area contributed by atoms with Crippen LogP contribution in [0.3, 0.4) is 0 Å². The fourth-order valence-corrected chi connectivity index (χ4v) is 2.70. The molecule has 0 radical (unpaired) electrons. The van der Waals surface area contributed by atoms with Gasteiger partial charge in [0.25, 0.3) is 0 Å². The third kappa shape index (κ3) is 3.18. The highest BCUT2D eigenvalue weighted by Crippen LogP contribution is 2.25. The van der Waals surface area contributed by atoms with E-state index in [1.165, 1.54) is 17.7 Å². The third-order valence-electron chi connectivity index (χ3n) is 2.92. The zero-order chi connectivity index (χ0) is 13.1. The number of hydrogen-bond acceptors (Lipinski definition) is 1. The summed E-state index contributed by atoms with van der Waals surface area (Å²) in [5.74, 6) is -0.219. The number of aryl methyl sites for hydroxylation is 1. The average Bonchev–Trinajstić information content (AvgIpc) is 2.32. The van der Waals surface area contributed by atoms with Crippen LogP contribution in [-0.2, 0) is 6.42 Å². The van der Waals surface area contributed by atoms with Gasteiger partial charge < -0.3 is 5.73 Å². The van der Waals surface area contributed by atoms with Crippen molar-refractivity contribution in [1.29, 1.82) is 0 Å². The van der Waals surface area contributed by atoms with Crippen LogP contribution in [0.2, 0.25) is 0 Å². The molecule has 0 amide bonds. The van der Waals surface area contributed by atoms with Gasteiger partial charge in [-0.3, -0.25) is 0 Å². The summed E-state index contributed by atoms with van der Waals surface area (Å²) in [4.78, 5) is 0. The molecule has 0 bridgehead atoms. The highest BCUT2D eigenvalue weighted by atomic mass is 79.9. The van der Waals surface area contributed by atoms with Gasteiger partial charge in [-0.2, -0.15) is 0 Å². The van der Waals surface area contributed by atoms with Crippen molar-refractivity contribution in [2.24, 2.45) is 5.73 Å². The Morgan fingerprint density at radius 3 is 2.44 bits per heavy atom. The second-order valence-corrected chi connectivity index (χ2v) is 5.32. The van der Waals surface area contributed by atoms with E-state index in [9.17, 15) is 4.39 Å². The van der Waals surface area contributed by atoms with Crippen molar-refractivity contribution in [1.82, 2.24) is 0 Å². The van der Waals surface area contributed by atoms with Crippen LogP contribution in [-0.4, -0.2) is 0 Å². The quantitative estimate of drug-likeness (QED) is 0.906. The fourth-order valence-electron chi connectivity index (χ4n) is 1.92. The molecule has 2 aromatic rings. The molecule has 0 aliphatic heterocycles. The van der Waals surface area contributed by atoms with Crippen LogP contribution in [0.4, 0.5) is 4.39 Å². The standard InChI is InChI=1S/C15H15BrFN/c1-10-2-7-13(14(16)8-10)15(18)9-11-3-5-12(17)6-4-11/h2-8,15H,9,18H2,1H3. The molecule has 3 heteroatoms. The zero-order valence-corrected chi connectivity index (χ0v) is 11.7. The minimum atomic E-state index is -0.219. The van der Waals surface area contributed by atoms with Gasteiger partial charge in [0.05, 0.1) is 0 Å². The molecule has 2 aromatic carbocycles. The van der Waals surface area contributed by atoms with Gasteiger partial charge in [-0.25, -0.2) is 4.39 Å². The summed E-state index contributed by atoms with van der Waals surface area (Å²) in [6, 6.07) is 12.5. The van der Waals surface area contributed by atoms with E-state index in [0.29, 0.717) is 6.42 Å². The first kappa shape index (κ1) is 13.2. The third-order valence-corrected chi connectivity index (χ3v) is 3.61. The van der Waals surface area contributed by atoms with Crippen LogP contribution in [0.5, 0.6) is 0 Å². The van der Waals surface area contributed by atoms with Gasteiger partial charge in [0.2, 0.25) is 0 Å². The van der Waals surface area contributed by atoms with Gasteiger partial charge in [0, 0.05) is 10.5 Å². The van der Waals surface area contributed by atoms with Crippen molar-refractivity contribution in [3.05, 3.63) is 69.4 Å². The van der Waals surface area contributed by atoms with Crippen LogP contribution in [0, 0.1) is 12.7 Å². The smallest absolute Gasteiger partial charge is 0.123 e. The first-order chi connectivity index (χ1) is 8.56. The summed E-state index contributed by atoms with van der Waals surface area (Å²) >= 11 is 3.53. The molecule has 2 N–H and O–H groups in total. The second-order valence-electron chi connectivity index (χ2n) is 4.46. The van der Waals surface area contributed by atoms with Crippen LogP contribution in [0.1, 0.15) is 22.7 Å². The van der Waals surface area contributed by atoms with Crippen molar-refractivity contribution < 1.29 is 4.39 Å². The lowest BCUT2D eigenvalue weighted by molar-refractivity contribution is 0.625. The lowest BCUT2D eigenvalue weighted by Gasteiger charge is -2.14. The van der Waals surface area contributed by atoms with Gasteiger partial charge in [-0.1, -0.05) is 40.2 Å². The largest absolute Gasteiger partial charge is 0.324 e. The Hall–Kier alpha value is -1.19. The molecule has 2 rings (SSSR count). The van der Waals surface area contributed by atoms with E-state index in [1.54, 1.807) is 12.1 Å². The number of hydrogen-bond donors (Lipinski definition) is 1. The summed E-state index contributed by atoms with van der Waals surface area (Å²) in [5, 5.41) is 0. The maximum atomic E-state index is 12.8. The number of benzene rings is 2. The van der Waals surface area contributed by atoms with Crippen LogP contribution in [0.25, 0.3) is 0 Å². The minimum Gasteiger partial charge on any atom is -0.324 e. The molecule has 94 valence electrons. The highest BCUT2D eigenvalue weighted by Gasteiger charge is 2.10. The number of nitrogens with two attached hydrogens (primary N) is 1. The normalized spacial score (nSPS) is 12.4. The molecule has 1 unspecified atom stereocenters. The maximum Gasteiger partial charge on any atom is 0.123 e. The summed E-state index contributed by atoms with van der Waals surface area (Å²) in [6.07, 6.45) is 0.696. The van der Waals surface area contributed by atoms with E-state index in [2.05, 4.69) is 22.0 Å². The summed E-state index contributed by atoms with van der Waals surface area (Å²) in [5.41, 5.74) is 9.50. The Kier molecular flexibility index (Phi) is 4.15. The topological polar surface area (TPSA) is 26.0 Å². The molecular formula is C15H15BrFN. The van der Waals surface area contributed by atoms with Gasteiger partial charge in [0.1, 0.15) is 5.82 Å². The Balaban J connectivity index is 2.16. The maximum absolute atomic E-state index is 12.8. The van der Waals surface area contributed by atoms with Crippen molar-refractivity contribution in [2.45, 2.75) is 19.4 Å². The molecule has 0 aliphatic rings. The zero-order valence-electron chi connectivity index (χ0n) is 10.2. The fraction of sp³-hybridized carbons (Fsp3) is 0.200. The van der Waals surface area contributed by atoms with Crippen LogP contribution < -0.4 is 5.73 Å². The molecular weight excluding hydrogens is 293 g/mol. The predicted octanol–water partition coefficient (Wildman–Crippen LogP) is 4.14. The molecule has 0 aromatic heterocycles. The van der Waals surface area contributed by atoms with Crippen molar-refractivity contribution in [2.75, 3.05) is 0 Å². The molecule has 0 spiro atoms. The van der Waals surface area contributed by atoms with E-state index in [-0.39, 0.29) is 11.9 Å². The van der Waals surface area contributed by atoms with Crippen molar-refractivity contribution in [3.8, 4) is 0 Å². The SMILES string of the molecule is Cc1ccc(C(N)Cc2ccc(F)cc2)c(Br)c1. The monoisotopic (exact) mass is 307 g/mol. The lowest BCUT2D eigenvalue weighted by Crippen LogP contribution is -2.14. The summed E-state index contributed by atoms with van der Waals surface area (Å²) in [7, 11) is 0. The van der Waals surface area contributed by atoms with E-state index in [0.717, 1.165) is 15.6 Å². The van der Waals surface area contributed by atoms with Gasteiger partial charge in [-0.05, 0) is 48.2 Å². The number of halogens is 2. The molecule has 0 saturated carbocycles. The molecule has 0 fully saturated rings. The molecule has 0 saturated heterocycles. The van der Waals surface area contributed by atoms with Crippen molar-refractivity contribution >= 4 is 15.9 Å². The van der Waals surface area contributed by atoms with E-state index >= 15 is 0 Å². The Labute approximate surface area is 115 Å². The van der Waals surface area contributed by atoms with Crippen LogP contribution >= 0.6 is 15.9 Å². The summed E-state index contributed by atoms with van der Waals surface area (Å²) in [6.45, 7) is 2.04. The Morgan fingerprint density at radius 1 is 1.17 bits per heavy atom. The Morgan fingerprint density at radius 2 is 1.83 bits per heavy atom. The molecule has 0 heterocycles. The first-order valence-corrected chi connectivity index (χ1v) is 6.61. The molecule has 0 aliphatic carbocycles. The van der Waals surface area contributed by atoms with Gasteiger partial charge >= 0.3 is 0 Å². The lowest BCUT2D eigenvalue weighted by atomic mass is 9.99. The predicted molar refractivity (Wildman–Crippen MR) is 75.9 cm³/mol. The second kappa shape index (κ2) is 5.63. The van der Waals surface area contributed by atoms with E-state index in [1.807, 2.05) is 19.1 Å². The first-order valence-electron chi connectivity index (χ1n) is 5.82.